The smallest absolute Gasteiger partial charge is 0.261 e. The second-order valence-electron chi connectivity index (χ2n) is 5.08. The number of hydrogen-bond donors (Lipinski definition) is 1. The number of nitrogens with zero attached hydrogens (tertiary/aromatic N) is 3. The van der Waals surface area contributed by atoms with Crippen molar-refractivity contribution < 1.29 is 4.79 Å². The maximum atomic E-state index is 12.4. The molecule has 1 amide bonds. The number of aromatic nitrogens is 2. The summed E-state index contributed by atoms with van der Waals surface area (Å²) < 4.78 is 1.23. The third-order valence-electron chi connectivity index (χ3n) is 3.40. The zero-order chi connectivity index (χ0) is 17.1. The van der Waals surface area contributed by atoms with Gasteiger partial charge in [0.05, 0.1) is 28.9 Å². The van der Waals surface area contributed by atoms with E-state index in [1.54, 1.807) is 42.5 Å². The van der Waals surface area contributed by atoms with Gasteiger partial charge in [-0.1, -0.05) is 11.6 Å². The van der Waals surface area contributed by atoms with Crippen LogP contribution in [0.2, 0.25) is 5.02 Å². The van der Waals surface area contributed by atoms with Crippen molar-refractivity contribution in [3.8, 4) is 6.07 Å². The lowest BCUT2D eigenvalue weighted by atomic mass is 10.2. The van der Waals surface area contributed by atoms with Crippen molar-refractivity contribution in [2.24, 2.45) is 0 Å². The first kappa shape index (κ1) is 15.7. The molecule has 0 saturated carbocycles. The van der Waals surface area contributed by atoms with Gasteiger partial charge in [-0.15, -0.1) is 0 Å². The van der Waals surface area contributed by atoms with Crippen LogP contribution in [0.3, 0.4) is 0 Å². The van der Waals surface area contributed by atoms with E-state index in [1.807, 2.05) is 6.07 Å². The van der Waals surface area contributed by atoms with E-state index in [9.17, 15) is 9.59 Å². The summed E-state index contributed by atoms with van der Waals surface area (Å²) in [7, 11) is 0. The van der Waals surface area contributed by atoms with Crippen LogP contribution in [0.15, 0.2) is 53.6 Å². The Hall–Kier alpha value is -3.17. The van der Waals surface area contributed by atoms with E-state index in [4.69, 9.17) is 16.9 Å². The summed E-state index contributed by atoms with van der Waals surface area (Å²) in [6.07, 6.45) is 1.32. The van der Waals surface area contributed by atoms with Crippen molar-refractivity contribution in [1.29, 1.82) is 5.26 Å². The topological polar surface area (TPSA) is 87.8 Å². The molecule has 0 fully saturated rings. The van der Waals surface area contributed by atoms with Gasteiger partial charge in [0, 0.05) is 10.7 Å². The fraction of sp³-hybridized carbons (Fsp3) is 0.0588. The molecule has 0 atom stereocenters. The lowest BCUT2D eigenvalue weighted by Crippen LogP contribution is -2.27. The van der Waals surface area contributed by atoms with Crippen molar-refractivity contribution in [3.63, 3.8) is 0 Å². The predicted octanol–water partition coefficient (Wildman–Crippen LogP) is 2.56. The zero-order valence-corrected chi connectivity index (χ0v) is 13.1. The fourth-order valence-corrected chi connectivity index (χ4v) is 2.39. The largest absolute Gasteiger partial charge is 0.325 e. The lowest BCUT2D eigenvalue weighted by molar-refractivity contribution is -0.116. The van der Waals surface area contributed by atoms with Crippen LogP contribution in [0.5, 0.6) is 0 Å². The average molecular weight is 339 g/mol. The standard InChI is InChI=1S/C17H11ClN4O2/c18-12-3-6-14-15(7-12)20-10-22(17(14)24)9-16(23)21-13-4-1-11(8-19)2-5-13/h1-7,10H,9H2,(H,21,23). The molecule has 0 aliphatic carbocycles. The van der Waals surface area contributed by atoms with E-state index in [2.05, 4.69) is 10.3 Å². The van der Waals surface area contributed by atoms with Gasteiger partial charge in [-0.3, -0.25) is 14.2 Å². The number of nitriles is 1. The van der Waals surface area contributed by atoms with E-state index in [0.29, 0.717) is 27.2 Å². The molecule has 2 aromatic carbocycles. The quantitative estimate of drug-likeness (QED) is 0.795. The highest BCUT2D eigenvalue weighted by Crippen LogP contribution is 2.14. The first-order chi connectivity index (χ1) is 11.6. The molecule has 0 saturated heterocycles. The van der Waals surface area contributed by atoms with Gasteiger partial charge >= 0.3 is 0 Å². The Labute approximate surface area is 141 Å². The Kier molecular flexibility index (Phi) is 4.27. The SMILES string of the molecule is N#Cc1ccc(NC(=O)Cn2cnc3cc(Cl)ccc3c2=O)cc1. The molecular formula is C17H11ClN4O2. The van der Waals surface area contributed by atoms with Crippen LogP contribution in [0.25, 0.3) is 10.9 Å². The molecular weight excluding hydrogens is 328 g/mol. The van der Waals surface area contributed by atoms with Crippen LogP contribution in [0, 0.1) is 11.3 Å². The molecule has 0 spiro atoms. The molecule has 24 heavy (non-hydrogen) atoms. The number of carbonyl (C=O) groups is 1. The molecule has 118 valence electrons. The molecule has 0 bridgehead atoms. The van der Waals surface area contributed by atoms with Gasteiger partial charge in [0.15, 0.2) is 0 Å². The van der Waals surface area contributed by atoms with Crippen molar-refractivity contribution in [1.82, 2.24) is 9.55 Å². The summed E-state index contributed by atoms with van der Waals surface area (Å²) in [6.45, 7) is -0.162. The van der Waals surface area contributed by atoms with Gasteiger partial charge in [0.25, 0.3) is 5.56 Å². The molecule has 3 aromatic rings. The highest BCUT2D eigenvalue weighted by Gasteiger charge is 2.09. The summed E-state index contributed by atoms with van der Waals surface area (Å²) >= 11 is 5.87. The average Bonchev–Trinajstić information content (AvgIpc) is 2.58. The van der Waals surface area contributed by atoms with Crippen LogP contribution in [-0.4, -0.2) is 15.5 Å². The summed E-state index contributed by atoms with van der Waals surface area (Å²) in [5, 5.41) is 12.3. The second-order valence-corrected chi connectivity index (χ2v) is 5.51. The summed E-state index contributed by atoms with van der Waals surface area (Å²) in [6, 6.07) is 13.2. The third kappa shape index (κ3) is 3.26. The Morgan fingerprint density at radius 3 is 2.71 bits per heavy atom. The molecule has 1 aromatic heterocycles. The number of halogens is 1. The Morgan fingerprint density at radius 2 is 2.00 bits per heavy atom. The minimum Gasteiger partial charge on any atom is -0.325 e. The van der Waals surface area contributed by atoms with Crippen LogP contribution in [0.1, 0.15) is 5.56 Å². The minimum atomic E-state index is -0.364. The van der Waals surface area contributed by atoms with E-state index >= 15 is 0 Å². The number of anilines is 1. The Bertz CT molecular complexity index is 1020. The summed E-state index contributed by atoms with van der Waals surface area (Å²) in [5.41, 5.74) is 1.22. The van der Waals surface area contributed by atoms with Gasteiger partial charge in [-0.2, -0.15) is 5.26 Å². The highest BCUT2D eigenvalue weighted by atomic mass is 35.5. The summed E-state index contributed by atoms with van der Waals surface area (Å²) in [4.78, 5) is 28.6. The van der Waals surface area contributed by atoms with Crippen molar-refractivity contribution >= 4 is 34.1 Å². The molecule has 0 radical (unpaired) electrons. The number of rotatable bonds is 3. The number of amides is 1. The molecule has 0 aliphatic heterocycles. The van der Waals surface area contributed by atoms with E-state index < -0.39 is 0 Å². The fourth-order valence-electron chi connectivity index (χ4n) is 2.23. The number of nitrogens with one attached hydrogen (secondary N) is 1. The minimum absolute atomic E-state index is 0.162. The van der Waals surface area contributed by atoms with Crippen molar-refractivity contribution in [3.05, 3.63) is 69.7 Å². The van der Waals surface area contributed by atoms with E-state index in [0.717, 1.165) is 0 Å². The lowest BCUT2D eigenvalue weighted by Gasteiger charge is -2.08. The van der Waals surface area contributed by atoms with E-state index in [-0.39, 0.29) is 18.0 Å². The Morgan fingerprint density at radius 1 is 1.25 bits per heavy atom. The molecule has 3 rings (SSSR count). The van der Waals surface area contributed by atoms with Crippen LogP contribution < -0.4 is 10.9 Å². The number of carbonyl (C=O) groups excluding carboxylic acids is 1. The second kappa shape index (κ2) is 6.52. The first-order valence-corrected chi connectivity index (χ1v) is 7.39. The number of benzene rings is 2. The number of hydrogen-bond acceptors (Lipinski definition) is 4. The molecule has 6 nitrogen and oxygen atoms in total. The molecule has 1 N–H and O–H groups in total. The normalized spacial score (nSPS) is 10.3. The zero-order valence-electron chi connectivity index (χ0n) is 12.4. The van der Waals surface area contributed by atoms with E-state index in [1.165, 1.54) is 10.9 Å². The highest BCUT2D eigenvalue weighted by molar-refractivity contribution is 6.31. The van der Waals surface area contributed by atoms with Gasteiger partial charge in [0.2, 0.25) is 5.91 Å². The molecule has 1 heterocycles. The van der Waals surface area contributed by atoms with Crippen LogP contribution in [-0.2, 0) is 11.3 Å². The Balaban J connectivity index is 1.80. The molecule has 0 aliphatic rings. The predicted molar refractivity (Wildman–Crippen MR) is 90.8 cm³/mol. The van der Waals surface area contributed by atoms with Crippen LogP contribution >= 0.6 is 11.6 Å². The van der Waals surface area contributed by atoms with Gasteiger partial charge < -0.3 is 5.32 Å². The van der Waals surface area contributed by atoms with Crippen molar-refractivity contribution in [2.75, 3.05) is 5.32 Å². The monoisotopic (exact) mass is 338 g/mol. The van der Waals surface area contributed by atoms with Gasteiger partial charge in [0.1, 0.15) is 6.54 Å². The number of fused-ring (bicyclic) bond motifs is 1. The molecule has 0 unspecified atom stereocenters. The molecule has 7 heteroatoms. The maximum Gasteiger partial charge on any atom is 0.261 e. The maximum absolute atomic E-state index is 12.4. The van der Waals surface area contributed by atoms with Crippen LogP contribution in [0.4, 0.5) is 5.69 Å². The third-order valence-corrected chi connectivity index (χ3v) is 3.63. The van der Waals surface area contributed by atoms with Gasteiger partial charge in [-0.25, -0.2) is 4.98 Å². The van der Waals surface area contributed by atoms with Gasteiger partial charge in [-0.05, 0) is 42.5 Å². The summed E-state index contributed by atoms with van der Waals surface area (Å²) in [5.74, 6) is -0.364. The first-order valence-electron chi connectivity index (χ1n) is 7.01. The van der Waals surface area contributed by atoms with Crippen molar-refractivity contribution in [2.45, 2.75) is 6.54 Å².